The van der Waals surface area contributed by atoms with Gasteiger partial charge in [0.2, 0.25) is 0 Å². The molecule has 122 valence electrons. The van der Waals surface area contributed by atoms with Crippen molar-refractivity contribution in [3.8, 4) is 11.5 Å². The van der Waals surface area contributed by atoms with E-state index in [1.165, 1.54) is 5.57 Å². The molecule has 0 aromatic heterocycles. The average molecular weight is 306 g/mol. The lowest BCUT2D eigenvalue weighted by atomic mass is 10.1. The summed E-state index contributed by atoms with van der Waals surface area (Å²) in [5.74, 6) is 1.28. The Kier molecular flexibility index (Phi) is 7.71. The molecule has 22 heavy (non-hydrogen) atoms. The van der Waals surface area contributed by atoms with Gasteiger partial charge in [-0.05, 0) is 52.0 Å². The van der Waals surface area contributed by atoms with E-state index in [2.05, 4.69) is 0 Å². The number of aliphatic hydroxyl groups excluding tert-OH is 1. The van der Waals surface area contributed by atoms with Crippen molar-refractivity contribution < 1.29 is 19.3 Å². The highest BCUT2D eigenvalue weighted by Gasteiger charge is 2.13. The second kappa shape index (κ2) is 9.28. The number of allylic oxidation sites excluding steroid dienone is 2. The smallest absolute Gasteiger partial charge is 0.188 e. The molecule has 4 heteroatoms. The quantitative estimate of drug-likeness (QED) is 0.582. The number of methoxy groups -OCH3 is 1. The third kappa shape index (κ3) is 6.33. The van der Waals surface area contributed by atoms with Crippen LogP contribution in [0, 0.1) is 0 Å². The normalized spacial score (nSPS) is 11.5. The Morgan fingerprint density at radius 3 is 2.45 bits per heavy atom. The van der Waals surface area contributed by atoms with E-state index in [4.69, 9.17) is 14.2 Å². The Bertz CT molecular complexity index is 524. The molecule has 0 aliphatic heterocycles. The van der Waals surface area contributed by atoms with Gasteiger partial charge in [-0.15, -0.1) is 0 Å². The van der Waals surface area contributed by atoms with Gasteiger partial charge >= 0.3 is 0 Å². The number of hydrogen-bond donors (Lipinski definition) is 1. The van der Waals surface area contributed by atoms with Gasteiger partial charge in [-0.2, -0.15) is 0 Å². The monoisotopic (exact) mass is 306 g/mol. The largest absolute Gasteiger partial charge is 0.489 e. The molecule has 0 saturated carbocycles. The van der Waals surface area contributed by atoms with E-state index in [9.17, 15) is 5.11 Å². The summed E-state index contributed by atoms with van der Waals surface area (Å²) in [7, 11) is 1.57. The van der Waals surface area contributed by atoms with Crippen LogP contribution >= 0.6 is 0 Å². The van der Waals surface area contributed by atoms with E-state index >= 15 is 0 Å². The van der Waals surface area contributed by atoms with Gasteiger partial charge in [-0.25, -0.2) is 0 Å². The summed E-state index contributed by atoms with van der Waals surface area (Å²) >= 11 is 0. The lowest BCUT2D eigenvalue weighted by Crippen LogP contribution is -2.04. The van der Waals surface area contributed by atoms with Crippen molar-refractivity contribution in [3.05, 3.63) is 47.1 Å². The zero-order valence-electron chi connectivity index (χ0n) is 14.1. The molecule has 0 heterocycles. The van der Waals surface area contributed by atoms with Gasteiger partial charge in [0, 0.05) is 12.7 Å². The van der Waals surface area contributed by atoms with Crippen molar-refractivity contribution in [1.82, 2.24) is 0 Å². The molecule has 0 aliphatic carbocycles. The van der Waals surface area contributed by atoms with Crippen LogP contribution in [-0.4, -0.2) is 25.6 Å². The first-order chi connectivity index (χ1) is 10.4. The van der Waals surface area contributed by atoms with Gasteiger partial charge in [-0.1, -0.05) is 17.2 Å². The number of benzene rings is 1. The molecule has 0 fully saturated rings. The number of ether oxygens (including phenoxy) is 3. The molecule has 1 atom stereocenters. The summed E-state index contributed by atoms with van der Waals surface area (Å²) < 4.78 is 16.1. The third-order valence-corrected chi connectivity index (χ3v) is 2.86. The minimum absolute atomic E-state index is 0.163. The van der Waals surface area contributed by atoms with Crippen LogP contribution in [0.25, 0.3) is 0 Å². The van der Waals surface area contributed by atoms with Gasteiger partial charge in [0.15, 0.2) is 6.79 Å². The summed E-state index contributed by atoms with van der Waals surface area (Å²) in [4.78, 5) is 0. The van der Waals surface area contributed by atoms with Gasteiger partial charge < -0.3 is 19.3 Å². The maximum atomic E-state index is 10.4. The molecule has 1 aromatic rings. The lowest BCUT2D eigenvalue weighted by molar-refractivity contribution is 0.0508. The molecule has 1 rings (SSSR count). The predicted octanol–water partition coefficient (Wildman–Crippen LogP) is 4.01. The molecule has 1 unspecified atom stereocenters. The summed E-state index contributed by atoms with van der Waals surface area (Å²) in [6.45, 7) is 8.55. The van der Waals surface area contributed by atoms with Gasteiger partial charge in [0.25, 0.3) is 0 Å². The Labute approximate surface area is 133 Å². The van der Waals surface area contributed by atoms with Crippen LogP contribution < -0.4 is 9.47 Å². The molecule has 0 spiro atoms. The molecule has 0 radical (unpaired) electrons. The summed E-state index contributed by atoms with van der Waals surface area (Å²) in [6.07, 6.45) is 3.04. The van der Waals surface area contributed by atoms with Gasteiger partial charge in [-0.3, -0.25) is 0 Å². The van der Waals surface area contributed by atoms with Crippen molar-refractivity contribution in [2.24, 2.45) is 0 Å². The van der Waals surface area contributed by atoms with Gasteiger partial charge in [0.1, 0.15) is 24.2 Å². The second-order valence-electron chi connectivity index (χ2n) is 5.53. The first-order valence-corrected chi connectivity index (χ1v) is 7.29. The zero-order valence-corrected chi connectivity index (χ0v) is 14.1. The van der Waals surface area contributed by atoms with Crippen molar-refractivity contribution in [1.29, 1.82) is 0 Å². The summed E-state index contributed by atoms with van der Waals surface area (Å²) in [5, 5.41) is 10.4. The van der Waals surface area contributed by atoms with Crippen LogP contribution in [0.5, 0.6) is 11.5 Å². The summed E-state index contributed by atoms with van der Waals surface area (Å²) in [6, 6.07) is 5.39. The third-order valence-electron chi connectivity index (χ3n) is 2.86. The molecule has 1 N–H and O–H groups in total. The molecule has 1 aromatic carbocycles. The number of rotatable bonds is 8. The highest BCUT2D eigenvalue weighted by Crippen LogP contribution is 2.31. The van der Waals surface area contributed by atoms with Crippen molar-refractivity contribution in [2.45, 2.75) is 33.8 Å². The molecule has 0 saturated heterocycles. The fraction of sp³-hybridized carbons (Fsp3) is 0.444. The van der Waals surface area contributed by atoms with Crippen LogP contribution in [0.2, 0.25) is 0 Å². The van der Waals surface area contributed by atoms with Crippen molar-refractivity contribution >= 4 is 0 Å². The first kappa shape index (κ1) is 18.3. The van der Waals surface area contributed by atoms with Crippen molar-refractivity contribution in [2.75, 3.05) is 20.5 Å². The van der Waals surface area contributed by atoms with E-state index in [1.54, 1.807) is 31.4 Å². The molecular formula is C18H26O4. The topological polar surface area (TPSA) is 47.9 Å². The predicted molar refractivity (Wildman–Crippen MR) is 88.3 cm³/mol. The Morgan fingerprint density at radius 1 is 1.14 bits per heavy atom. The number of hydrogen-bond acceptors (Lipinski definition) is 4. The van der Waals surface area contributed by atoms with Crippen LogP contribution in [0.15, 0.2) is 41.5 Å². The molecule has 0 bridgehead atoms. The highest BCUT2D eigenvalue weighted by molar-refractivity contribution is 5.43. The van der Waals surface area contributed by atoms with Crippen LogP contribution in [-0.2, 0) is 4.74 Å². The van der Waals surface area contributed by atoms with E-state index in [0.717, 1.165) is 5.57 Å². The fourth-order valence-corrected chi connectivity index (χ4v) is 1.81. The van der Waals surface area contributed by atoms with E-state index in [1.807, 2.05) is 33.8 Å². The Hall–Kier alpha value is -1.78. The maximum Gasteiger partial charge on any atom is 0.188 e. The highest BCUT2D eigenvalue weighted by atomic mass is 16.7. The van der Waals surface area contributed by atoms with Crippen LogP contribution in [0.4, 0.5) is 0 Å². The zero-order chi connectivity index (χ0) is 16.5. The molecular weight excluding hydrogens is 280 g/mol. The minimum atomic E-state index is -0.738. The van der Waals surface area contributed by atoms with E-state index < -0.39 is 6.10 Å². The van der Waals surface area contributed by atoms with Crippen molar-refractivity contribution in [3.63, 3.8) is 0 Å². The summed E-state index contributed by atoms with van der Waals surface area (Å²) in [5.41, 5.74) is 2.90. The fourth-order valence-electron chi connectivity index (χ4n) is 1.81. The molecule has 4 nitrogen and oxygen atoms in total. The maximum absolute atomic E-state index is 10.4. The van der Waals surface area contributed by atoms with E-state index in [-0.39, 0.29) is 6.79 Å². The Morgan fingerprint density at radius 2 is 1.86 bits per heavy atom. The average Bonchev–Trinajstić information content (AvgIpc) is 2.44. The van der Waals surface area contributed by atoms with Gasteiger partial charge in [0.05, 0.1) is 0 Å². The minimum Gasteiger partial charge on any atom is -0.489 e. The SMILES string of the molecule is COCOc1ccc(OCC=C(C)C)c(C(O)C=C(C)C)c1. The lowest BCUT2D eigenvalue weighted by Gasteiger charge is -2.16. The van der Waals surface area contributed by atoms with E-state index in [0.29, 0.717) is 23.7 Å². The standard InChI is InChI=1S/C18H26O4/c1-13(2)8-9-21-18-7-6-15(22-12-20-5)11-16(18)17(19)10-14(3)4/h6-8,10-11,17,19H,9,12H2,1-5H3. The number of aliphatic hydroxyl groups is 1. The van der Waals surface area contributed by atoms with Crippen LogP contribution in [0.3, 0.4) is 0 Å². The first-order valence-electron chi connectivity index (χ1n) is 7.29. The molecule has 0 amide bonds. The molecule has 0 aliphatic rings. The Balaban J connectivity index is 3.02. The van der Waals surface area contributed by atoms with Crippen LogP contribution in [0.1, 0.15) is 39.4 Å². The second-order valence-corrected chi connectivity index (χ2v) is 5.53.